The van der Waals surface area contributed by atoms with Crippen LogP contribution in [-0.4, -0.2) is 22.1 Å². The van der Waals surface area contributed by atoms with E-state index >= 15 is 0 Å². The number of phenolic OH excluding ortho intramolecular Hbond substituents is 1. The van der Waals surface area contributed by atoms with Gasteiger partial charge in [0.25, 0.3) is 0 Å². The van der Waals surface area contributed by atoms with Gasteiger partial charge in [0.15, 0.2) is 0 Å². The standard InChI is InChI=1S/C17H21N3O/c1-12-18-16-6-4-3-5-15(16)17(19-12)20(2)11-13-7-9-14(21)10-8-13/h7-10,21H,3-6,11H2,1-2H3. The topological polar surface area (TPSA) is 49.2 Å². The van der Waals surface area contributed by atoms with Crippen LogP contribution in [0, 0.1) is 6.92 Å². The summed E-state index contributed by atoms with van der Waals surface area (Å²) in [5.74, 6) is 2.21. The predicted octanol–water partition coefficient (Wildman–Crippen LogP) is 3.01. The highest BCUT2D eigenvalue weighted by molar-refractivity contribution is 5.50. The van der Waals surface area contributed by atoms with Crippen LogP contribution in [0.2, 0.25) is 0 Å². The largest absolute Gasteiger partial charge is 0.508 e. The third-order valence-corrected chi connectivity index (χ3v) is 3.99. The molecule has 1 N–H and O–H groups in total. The molecular weight excluding hydrogens is 262 g/mol. The van der Waals surface area contributed by atoms with Gasteiger partial charge in [-0.05, 0) is 50.3 Å². The molecule has 2 aromatic rings. The highest BCUT2D eigenvalue weighted by atomic mass is 16.3. The van der Waals surface area contributed by atoms with E-state index in [1.165, 1.54) is 24.1 Å². The summed E-state index contributed by atoms with van der Waals surface area (Å²) in [6.07, 6.45) is 4.59. The van der Waals surface area contributed by atoms with E-state index < -0.39 is 0 Å². The van der Waals surface area contributed by atoms with E-state index in [0.717, 1.165) is 36.6 Å². The third-order valence-electron chi connectivity index (χ3n) is 3.99. The summed E-state index contributed by atoms with van der Waals surface area (Å²) in [6.45, 7) is 2.75. The molecule has 0 radical (unpaired) electrons. The van der Waals surface area contributed by atoms with Crippen molar-refractivity contribution in [2.75, 3.05) is 11.9 Å². The zero-order valence-corrected chi connectivity index (χ0v) is 12.6. The van der Waals surface area contributed by atoms with Gasteiger partial charge in [-0.3, -0.25) is 0 Å². The molecule has 0 unspecified atom stereocenters. The van der Waals surface area contributed by atoms with Gasteiger partial charge < -0.3 is 10.0 Å². The van der Waals surface area contributed by atoms with Crippen LogP contribution in [0.15, 0.2) is 24.3 Å². The molecule has 4 heteroatoms. The van der Waals surface area contributed by atoms with Crippen molar-refractivity contribution in [1.29, 1.82) is 0 Å². The Kier molecular flexibility index (Phi) is 3.78. The maximum Gasteiger partial charge on any atom is 0.135 e. The Morgan fingerprint density at radius 3 is 2.57 bits per heavy atom. The van der Waals surface area contributed by atoms with Crippen LogP contribution in [0.3, 0.4) is 0 Å². The second kappa shape index (κ2) is 5.72. The van der Waals surface area contributed by atoms with Crippen molar-refractivity contribution < 1.29 is 5.11 Å². The van der Waals surface area contributed by atoms with Gasteiger partial charge in [0.1, 0.15) is 17.4 Å². The average Bonchev–Trinajstić information content (AvgIpc) is 2.48. The molecule has 1 aromatic carbocycles. The average molecular weight is 283 g/mol. The molecule has 1 aliphatic carbocycles. The van der Waals surface area contributed by atoms with Crippen molar-refractivity contribution in [2.45, 2.75) is 39.2 Å². The van der Waals surface area contributed by atoms with Crippen LogP contribution in [-0.2, 0) is 19.4 Å². The van der Waals surface area contributed by atoms with Gasteiger partial charge in [0.2, 0.25) is 0 Å². The Morgan fingerprint density at radius 1 is 1.10 bits per heavy atom. The van der Waals surface area contributed by atoms with E-state index in [2.05, 4.69) is 21.9 Å². The van der Waals surface area contributed by atoms with Gasteiger partial charge in [-0.15, -0.1) is 0 Å². The normalized spacial score (nSPS) is 13.8. The summed E-state index contributed by atoms with van der Waals surface area (Å²) in [6, 6.07) is 7.35. The maximum absolute atomic E-state index is 9.37. The number of phenols is 1. The predicted molar refractivity (Wildman–Crippen MR) is 83.6 cm³/mol. The zero-order chi connectivity index (χ0) is 14.8. The molecule has 1 aliphatic rings. The van der Waals surface area contributed by atoms with E-state index in [-0.39, 0.29) is 0 Å². The molecule has 0 fully saturated rings. The first kappa shape index (κ1) is 13.9. The number of hydrogen-bond acceptors (Lipinski definition) is 4. The molecule has 1 heterocycles. The third kappa shape index (κ3) is 2.99. The molecule has 1 aromatic heterocycles. The molecule has 0 atom stereocenters. The van der Waals surface area contributed by atoms with E-state index in [9.17, 15) is 5.11 Å². The number of rotatable bonds is 3. The molecule has 3 rings (SSSR count). The molecule has 0 bridgehead atoms. The molecular formula is C17H21N3O. The second-order valence-corrected chi connectivity index (χ2v) is 5.75. The SMILES string of the molecule is Cc1nc2c(c(N(C)Cc3ccc(O)cc3)n1)CCCC2. The number of anilines is 1. The van der Waals surface area contributed by atoms with E-state index in [4.69, 9.17) is 0 Å². The number of aromatic hydroxyl groups is 1. The van der Waals surface area contributed by atoms with E-state index in [0.29, 0.717) is 5.75 Å². The first-order chi connectivity index (χ1) is 10.1. The quantitative estimate of drug-likeness (QED) is 0.940. The second-order valence-electron chi connectivity index (χ2n) is 5.75. The van der Waals surface area contributed by atoms with Crippen LogP contribution in [0.25, 0.3) is 0 Å². The minimum absolute atomic E-state index is 0.302. The lowest BCUT2D eigenvalue weighted by molar-refractivity contribution is 0.475. The van der Waals surface area contributed by atoms with E-state index in [1.54, 1.807) is 12.1 Å². The maximum atomic E-state index is 9.37. The fourth-order valence-corrected chi connectivity index (χ4v) is 2.96. The van der Waals surface area contributed by atoms with Gasteiger partial charge in [0, 0.05) is 24.8 Å². The summed E-state index contributed by atoms with van der Waals surface area (Å²) in [5.41, 5.74) is 3.70. The molecule has 0 saturated carbocycles. The molecule has 0 aliphatic heterocycles. The summed E-state index contributed by atoms with van der Waals surface area (Å²) in [4.78, 5) is 11.5. The first-order valence-corrected chi connectivity index (χ1v) is 7.49. The summed E-state index contributed by atoms with van der Waals surface area (Å²) >= 11 is 0. The molecule has 110 valence electrons. The molecule has 21 heavy (non-hydrogen) atoms. The van der Waals surface area contributed by atoms with Crippen molar-refractivity contribution in [2.24, 2.45) is 0 Å². The van der Waals surface area contributed by atoms with Gasteiger partial charge in [-0.25, -0.2) is 9.97 Å². The number of nitrogens with zero attached hydrogens (tertiary/aromatic N) is 3. The minimum atomic E-state index is 0.302. The Balaban J connectivity index is 1.88. The zero-order valence-electron chi connectivity index (χ0n) is 12.6. The number of hydrogen-bond donors (Lipinski definition) is 1. The van der Waals surface area contributed by atoms with Crippen LogP contribution in [0.4, 0.5) is 5.82 Å². The van der Waals surface area contributed by atoms with Gasteiger partial charge >= 0.3 is 0 Å². The van der Waals surface area contributed by atoms with Crippen molar-refractivity contribution in [3.63, 3.8) is 0 Å². The van der Waals surface area contributed by atoms with E-state index in [1.807, 2.05) is 19.1 Å². The van der Waals surface area contributed by atoms with Crippen molar-refractivity contribution in [3.8, 4) is 5.75 Å². The van der Waals surface area contributed by atoms with Crippen molar-refractivity contribution >= 4 is 5.82 Å². The monoisotopic (exact) mass is 283 g/mol. The Morgan fingerprint density at radius 2 is 1.81 bits per heavy atom. The lowest BCUT2D eigenvalue weighted by Gasteiger charge is -2.25. The Labute approximate surface area is 125 Å². The van der Waals surface area contributed by atoms with Crippen LogP contribution in [0.5, 0.6) is 5.75 Å². The molecule has 4 nitrogen and oxygen atoms in total. The molecule has 0 saturated heterocycles. The number of aryl methyl sites for hydroxylation is 2. The lowest BCUT2D eigenvalue weighted by Crippen LogP contribution is -2.22. The Hall–Kier alpha value is -2.10. The first-order valence-electron chi connectivity index (χ1n) is 7.49. The van der Waals surface area contributed by atoms with Crippen LogP contribution in [0.1, 0.15) is 35.5 Å². The minimum Gasteiger partial charge on any atom is -0.508 e. The van der Waals surface area contributed by atoms with Crippen LogP contribution >= 0.6 is 0 Å². The fraction of sp³-hybridized carbons (Fsp3) is 0.412. The lowest BCUT2D eigenvalue weighted by atomic mass is 9.96. The molecule has 0 amide bonds. The summed E-state index contributed by atoms with van der Waals surface area (Å²) < 4.78 is 0. The van der Waals surface area contributed by atoms with Gasteiger partial charge in [-0.2, -0.15) is 0 Å². The highest BCUT2D eigenvalue weighted by Crippen LogP contribution is 2.28. The molecule has 0 spiro atoms. The summed E-state index contributed by atoms with van der Waals surface area (Å²) in [5, 5.41) is 9.37. The highest BCUT2D eigenvalue weighted by Gasteiger charge is 2.19. The number of fused-ring (bicyclic) bond motifs is 1. The fourth-order valence-electron chi connectivity index (χ4n) is 2.96. The number of benzene rings is 1. The summed E-state index contributed by atoms with van der Waals surface area (Å²) in [7, 11) is 2.07. The van der Waals surface area contributed by atoms with Gasteiger partial charge in [-0.1, -0.05) is 12.1 Å². The smallest absolute Gasteiger partial charge is 0.135 e. The van der Waals surface area contributed by atoms with Crippen molar-refractivity contribution in [1.82, 2.24) is 9.97 Å². The van der Waals surface area contributed by atoms with Gasteiger partial charge in [0.05, 0.1) is 0 Å². The Bertz CT molecular complexity index is 637. The number of aromatic nitrogens is 2. The van der Waals surface area contributed by atoms with Crippen molar-refractivity contribution in [3.05, 3.63) is 46.9 Å². The van der Waals surface area contributed by atoms with Crippen LogP contribution < -0.4 is 4.90 Å².